The highest BCUT2D eigenvalue weighted by atomic mass is 35.5. The summed E-state index contributed by atoms with van der Waals surface area (Å²) in [6.45, 7) is 3.46. The molecule has 1 aromatic carbocycles. The summed E-state index contributed by atoms with van der Waals surface area (Å²) in [4.78, 5) is 11.2. The van der Waals surface area contributed by atoms with E-state index in [1.807, 2.05) is 0 Å². The van der Waals surface area contributed by atoms with E-state index in [-0.39, 0.29) is 22.4 Å². The van der Waals surface area contributed by atoms with E-state index in [0.29, 0.717) is 5.69 Å². The Morgan fingerprint density at radius 2 is 2.18 bits per heavy atom. The minimum absolute atomic E-state index is 0.189. The SMILES string of the molecule is CC#CC(C)Oc1cc(N)c(Cl)cc1C(N)=O. The monoisotopic (exact) mass is 252 g/mol. The number of ether oxygens (including phenoxy) is 1. The third-order valence-electron chi connectivity index (χ3n) is 2.02. The van der Waals surface area contributed by atoms with E-state index >= 15 is 0 Å². The van der Waals surface area contributed by atoms with Crippen LogP contribution >= 0.6 is 11.6 Å². The molecule has 17 heavy (non-hydrogen) atoms. The predicted molar refractivity (Wildman–Crippen MR) is 67.9 cm³/mol. The quantitative estimate of drug-likeness (QED) is 0.636. The van der Waals surface area contributed by atoms with Crippen LogP contribution in [0.1, 0.15) is 24.2 Å². The zero-order valence-electron chi connectivity index (χ0n) is 9.58. The number of rotatable bonds is 3. The van der Waals surface area contributed by atoms with E-state index in [1.165, 1.54) is 12.1 Å². The highest BCUT2D eigenvalue weighted by molar-refractivity contribution is 6.33. The fourth-order valence-electron chi connectivity index (χ4n) is 1.28. The minimum atomic E-state index is -0.626. The number of anilines is 1. The lowest BCUT2D eigenvalue weighted by Crippen LogP contribution is -2.16. The van der Waals surface area contributed by atoms with Gasteiger partial charge in [0.1, 0.15) is 5.75 Å². The zero-order chi connectivity index (χ0) is 13.0. The third kappa shape index (κ3) is 3.30. The summed E-state index contributed by atoms with van der Waals surface area (Å²) in [7, 11) is 0. The number of nitrogens with two attached hydrogens (primary N) is 2. The van der Waals surface area contributed by atoms with Crippen molar-refractivity contribution in [2.45, 2.75) is 20.0 Å². The predicted octanol–water partition coefficient (Wildman–Crippen LogP) is 1.81. The summed E-state index contributed by atoms with van der Waals surface area (Å²) in [6.07, 6.45) is -0.362. The average Bonchev–Trinajstić information content (AvgIpc) is 2.23. The zero-order valence-corrected chi connectivity index (χ0v) is 10.3. The number of hydrogen-bond acceptors (Lipinski definition) is 3. The Labute approximate surface area is 105 Å². The van der Waals surface area contributed by atoms with Gasteiger partial charge in [0.05, 0.1) is 16.3 Å². The molecule has 0 aliphatic rings. The van der Waals surface area contributed by atoms with Crippen LogP contribution < -0.4 is 16.2 Å². The Morgan fingerprint density at radius 3 is 2.71 bits per heavy atom. The molecule has 0 aliphatic carbocycles. The maximum Gasteiger partial charge on any atom is 0.252 e. The van der Waals surface area contributed by atoms with E-state index in [4.69, 9.17) is 27.8 Å². The maximum absolute atomic E-state index is 11.2. The van der Waals surface area contributed by atoms with Crippen molar-refractivity contribution in [3.63, 3.8) is 0 Å². The van der Waals surface area contributed by atoms with Crippen molar-refractivity contribution in [2.24, 2.45) is 5.73 Å². The standard InChI is InChI=1S/C12H13ClN2O2/c1-3-4-7(2)17-11-6-10(14)9(13)5-8(11)12(15)16/h5-7H,14H2,1-2H3,(H2,15,16). The molecule has 4 N–H and O–H groups in total. The van der Waals surface area contributed by atoms with Crippen LogP contribution in [0, 0.1) is 11.8 Å². The van der Waals surface area contributed by atoms with Gasteiger partial charge in [-0.2, -0.15) is 0 Å². The van der Waals surface area contributed by atoms with Gasteiger partial charge in [0.25, 0.3) is 5.91 Å². The molecule has 90 valence electrons. The lowest BCUT2D eigenvalue weighted by Gasteiger charge is -2.13. The molecule has 0 spiro atoms. The number of halogens is 1. The van der Waals surface area contributed by atoms with Gasteiger partial charge in [0.15, 0.2) is 6.10 Å². The molecule has 1 unspecified atom stereocenters. The molecular formula is C12H13ClN2O2. The van der Waals surface area contributed by atoms with Gasteiger partial charge in [0, 0.05) is 6.07 Å². The summed E-state index contributed by atoms with van der Waals surface area (Å²) in [5.41, 5.74) is 11.4. The second kappa shape index (κ2) is 5.46. The lowest BCUT2D eigenvalue weighted by atomic mass is 10.1. The van der Waals surface area contributed by atoms with E-state index < -0.39 is 5.91 Å². The summed E-state index contributed by atoms with van der Waals surface area (Å²) >= 11 is 5.81. The number of carbonyl (C=O) groups excluding carboxylic acids is 1. The first-order chi connectivity index (χ1) is 7.95. The molecule has 0 aromatic heterocycles. The van der Waals surface area contributed by atoms with Crippen molar-refractivity contribution >= 4 is 23.2 Å². The molecule has 5 heteroatoms. The summed E-state index contributed by atoms with van der Waals surface area (Å²) in [5.74, 6) is 5.17. The second-order valence-corrected chi connectivity index (χ2v) is 3.80. The molecule has 0 saturated heterocycles. The number of benzene rings is 1. The Bertz CT molecular complexity index is 503. The maximum atomic E-state index is 11.2. The normalized spacial score (nSPS) is 11.2. The van der Waals surface area contributed by atoms with Crippen molar-refractivity contribution in [2.75, 3.05) is 5.73 Å². The highest BCUT2D eigenvalue weighted by Crippen LogP contribution is 2.29. The van der Waals surface area contributed by atoms with Crippen LogP contribution in [0.2, 0.25) is 5.02 Å². The van der Waals surface area contributed by atoms with Crippen LogP contribution in [0.5, 0.6) is 5.75 Å². The highest BCUT2D eigenvalue weighted by Gasteiger charge is 2.14. The molecule has 0 aliphatic heterocycles. The van der Waals surface area contributed by atoms with Gasteiger partial charge in [-0.3, -0.25) is 4.79 Å². The molecule has 0 heterocycles. The van der Waals surface area contributed by atoms with Gasteiger partial charge in [0.2, 0.25) is 0 Å². The summed E-state index contributed by atoms with van der Waals surface area (Å²) < 4.78 is 5.47. The first-order valence-corrected chi connectivity index (χ1v) is 5.31. The number of primary amides is 1. The van der Waals surface area contributed by atoms with Crippen LogP contribution in [0.4, 0.5) is 5.69 Å². The van der Waals surface area contributed by atoms with Crippen LogP contribution in [0.3, 0.4) is 0 Å². The van der Waals surface area contributed by atoms with Crippen molar-refractivity contribution in [1.29, 1.82) is 0 Å². The van der Waals surface area contributed by atoms with Gasteiger partial charge in [-0.15, -0.1) is 5.92 Å². The summed E-state index contributed by atoms with van der Waals surface area (Å²) in [5, 5.41) is 0.264. The van der Waals surface area contributed by atoms with Crippen LogP contribution in [0.25, 0.3) is 0 Å². The number of hydrogen-bond donors (Lipinski definition) is 2. The smallest absolute Gasteiger partial charge is 0.252 e. The van der Waals surface area contributed by atoms with Crippen LogP contribution in [-0.2, 0) is 0 Å². The molecule has 1 rings (SSSR count). The van der Waals surface area contributed by atoms with Gasteiger partial charge >= 0.3 is 0 Å². The Morgan fingerprint density at radius 1 is 1.53 bits per heavy atom. The molecule has 4 nitrogen and oxygen atoms in total. The molecule has 0 fully saturated rings. The van der Waals surface area contributed by atoms with Crippen molar-refractivity contribution in [1.82, 2.24) is 0 Å². The third-order valence-corrected chi connectivity index (χ3v) is 2.34. The van der Waals surface area contributed by atoms with Crippen molar-refractivity contribution in [3.05, 3.63) is 22.7 Å². The number of carbonyl (C=O) groups is 1. The molecule has 0 bridgehead atoms. The number of amides is 1. The minimum Gasteiger partial charge on any atom is -0.477 e. The van der Waals surface area contributed by atoms with Crippen molar-refractivity contribution < 1.29 is 9.53 Å². The number of nitrogen functional groups attached to an aromatic ring is 1. The first kappa shape index (κ1) is 13.2. The average molecular weight is 253 g/mol. The van der Waals surface area contributed by atoms with Gasteiger partial charge < -0.3 is 16.2 Å². The molecule has 0 radical (unpaired) electrons. The van der Waals surface area contributed by atoms with Crippen LogP contribution in [-0.4, -0.2) is 12.0 Å². The largest absolute Gasteiger partial charge is 0.477 e. The topological polar surface area (TPSA) is 78.3 Å². The second-order valence-electron chi connectivity index (χ2n) is 3.39. The molecule has 1 amide bonds. The van der Waals surface area contributed by atoms with Gasteiger partial charge in [-0.1, -0.05) is 17.5 Å². The van der Waals surface area contributed by atoms with E-state index in [1.54, 1.807) is 13.8 Å². The van der Waals surface area contributed by atoms with Gasteiger partial charge in [-0.05, 0) is 19.9 Å². The van der Waals surface area contributed by atoms with Crippen molar-refractivity contribution in [3.8, 4) is 17.6 Å². The fraction of sp³-hybridized carbons (Fsp3) is 0.250. The first-order valence-electron chi connectivity index (χ1n) is 4.93. The van der Waals surface area contributed by atoms with E-state index in [9.17, 15) is 4.79 Å². The summed E-state index contributed by atoms with van der Waals surface area (Å²) in [6, 6.07) is 2.86. The van der Waals surface area contributed by atoms with Crippen LogP contribution in [0.15, 0.2) is 12.1 Å². The molecule has 1 aromatic rings. The molecule has 1 atom stereocenters. The van der Waals surface area contributed by atoms with E-state index in [0.717, 1.165) is 0 Å². The fourth-order valence-corrected chi connectivity index (χ4v) is 1.45. The lowest BCUT2D eigenvalue weighted by molar-refractivity contribution is 0.0995. The molecule has 0 saturated carbocycles. The van der Waals surface area contributed by atoms with E-state index in [2.05, 4.69) is 11.8 Å². The Hall–Kier alpha value is -1.86. The Kier molecular flexibility index (Phi) is 4.24. The Balaban J connectivity index is 3.15. The molecular weight excluding hydrogens is 240 g/mol. The van der Waals surface area contributed by atoms with Gasteiger partial charge in [-0.25, -0.2) is 0 Å².